The lowest BCUT2D eigenvalue weighted by atomic mass is 10.1. The first-order chi connectivity index (χ1) is 9.74. The van der Waals surface area contributed by atoms with Gasteiger partial charge in [0.1, 0.15) is 11.5 Å². The molecule has 3 N–H and O–H groups in total. The zero-order valence-electron chi connectivity index (χ0n) is 12.7. The van der Waals surface area contributed by atoms with E-state index in [9.17, 15) is 18.6 Å². The number of nitrogens with zero attached hydrogens (tertiary/aromatic N) is 1. The molecule has 1 unspecified atom stereocenters. The lowest BCUT2D eigenvalue weighted by molar-refractivity contribution is 0.412. The molecule has 0 bridgehead atoms. The first-order valence-electron chi connectivity index (χ1n) is 6.95. The van der Waals surface area contributed by atoms with Crippen LogP contribution in [-0.2, 0) is 10.0 Å². The van der Waals surface area contributed by atoms with E-state index in [1.807, 2.05) is 13.8 Å². The van der Waals surface area contributed by atoms with E-state index in [2.05, 4.69) is 5.32 Å². The second-order valence-electron chi connectivity index (χ2n) is 5.07. The lowest BCUT2D eigenvalue weighted by Crippen LogP contribution is -2.32. The third-order valence-corrected chi connectivity index (χ3v) is 4.66. The third kappa shape index (κ3) is 5.91. The average Bonchev–Trinajstić information content (AvgIpc) is 2.35. The molecule has 1 rings (SSSR count). The lowest BCUT2D eigenvalue weighted by Gasteiger charge is -2.19. The molecule has 0 aromatic heterocycles. The van der Waals surface area contributed by atoms with Gasteiger partial charge in [0.05, 0.1) is 6.26 Å². The van der Waals surface area contributed by atoms with Gasteiger partial charge in [0, 0.05) is 25.2 Å². The van der Waals surface area contributed by atoms with Crippen LogP contribution in [0.15, 0.2) is 18.2 Å². The molecule has 0 aliphatic carbocycles. The second kappa shape index (κ2) is 7.63. The van der Waals surface area contributed by atoms with Crippen molar-refractivity contribution in [3.63, 3.8) is 0 Å². The molecule has 0 radical (unpaired) electrons. The van der Waals surface area contributed by atoms with Crippen LogP contribution in [0.5, 0.6) is 11.5 Å². The number of rotatable bonds is 8. The van der Waals surface area contributed by atoms with Gasteiger partial charge in [-0.3, -0.25) is 0 Å². The molecule has 0 aliphatic rings. The van der Waals surface area contributed by atoms with Gasteiger partial charge in [-0.2, -0.15) is 0 Å². The van der Waals surface area contributed by atoms with Crippen LogP contribution in [0.2, 0.25) is 0 Å². The van der Waals surface area contributed by atoms with E-state index in [-0.39, 0.29) is 17.5 Å². The van der Waals surface area contributed by atoms with E-state index < -0.39 is 10.0 Å². The number of hydrogen-bond acceptors (Lipinski definition) is 5. The molecule has 21 heavy (non-hydrogen) atoms. The number of nitrogens with one attached hydrogen (secondary N) is 1. The molecule has 6 nitrogen and oxygen atoms in total. The van der Waals surface area contributed by atoms with E-state index in [1.165, 1.54) is 16.6 Å². The molecule has 0 heterocycles. The molecule has 1 atom stereocenters. The summed E-state index contributed by atoms with van der Waals surface area (Å²) >= 11 is 0. The van der Waals surface area contributed by atoms with Gasteiger partial charge in [-0.25, -0.2) is 12.7 Å². The van der Waals surface area contributed by atoms with Crippen LogP contribution in [0.1, 0.15) is 31.9 Å². The average molecular weight is 316 g/mol. The Morgan fingerprint density at radius 3 is 2.29 bits per heavy atom. The Morgan fingerprint density at radius 1 is 1.24 bits per heavy atom. The second-order valence-corrected chi connectivity index (χ2v) is 7.05. The largest absolute Gasteiger partial charge is 0.508 e. The fourth-order valence-electron chi connectivity index (χ4n) is 2.12. The minimum absolute atomic E-state index is 0.0212. The van der Waals surface area contributed by atoms with Crippen LogP contribution < -0.4 is 5.32 Å². The summed E-state index contributed by atoms with van der Waals surface area (Å²) in [6, 6.07) is 4.41. The Kier molecular flexibility index (Phi) is 6.44. The van der Waals surface area contributed by atoms with Gasteiger partial charge in [0.25, 0.3) is 0 Å². The summed E-state index contributed by atoms with van der Waals surface area (Å²) < 4.78 is 24.3. The van der Waals surface area contributed by atoms with Gasteiger partial charge in [0.15, 0.2) is 0 Å². The molecule has 1 aromatic carbocycles. The zero-order chi connectivity index (χ0) is 16.0. The highest BCUT2D eigenvalue weighted by Crippen LogP contribution is 2.24. The Hall–Kier alpha value is -1.31. The molecule has 0 saturated heterocycles. The summed E-state index contributed by atoms with van der Waals surface area (Å²) in [4.78, 5) is 0. The summed E-state index contributed by atoms with van der Waals surface area (Å²) in [5.41, 5.74) is 0.781. The summed E-state index contributed by atoms with van der Waals surface area (Å²) in [6.45, 7) is 5.31. The molecule has 7 heteroatoms. The molecule has 0 spiro atoms. The van der Waals surface area contributed by atoms with E-state index in [0.29, 0.717) is 26.1 Å². The zero-order valence-corrected chi connectivity index (χ0v) is 13.5. The smallest absolute Gasteiger partial charge is 0.211 e. The molecule has 1 aromatic rings. The number of hydrogen-bond donors (Lipinski definition) is 3. The normalized spacial score (nSPS) is 13.5. The summed E-state index contributed by atoms with van der Waals surface area (Å²) in [5, 5.41) is 22.1. The number of aromatic hydroxyl groups is 2. The molecule has 0 amide bonds. The van der Waals surface area contributed by atoms with Crippen LogP contribution in [-0.4, -0.2) is 48.8 Å². The predicted octanol–water partition coefficient (Wildman–Crippen LogP) is 1.42. The standard InChI is InChI=1S/C14H24N2O4S/c1-4-16(21(3,19)20)7-5-6-15-11(2)12-8-13(17)10-14(18)9-12/h8-11,15,17-18H,4-7H2,1-3H3. The highest BCUT2D eigenvalue weighted by Gasteiger charge is 2.13. The minimum Gasteiger partial charge on any atom is -0.508 e. The first-order valence-corrected chi connectivity index (χ1v) is 8.80. The quantitative estimate of drug-likeness (QED) is 0.631. The van der Waals surface area contributed by atoms with Gasteiger partial charge in [-0.05, 0) is 37.6 Å². The van der Waals surface area contributed by atoms with Crippen LogP contribution in [0.4, 0.5) is 0 Å². The summed E-state index contributed by atoms with van der Waals surface area (Å²) in [6.07, 6.45) is 1.90. The Bertz CT molecular complexity index is 540. The van der Waals surface area contributed by atoms with E-state index in [4.69, 9.17) is 0 Å². The third-order valence-electron chi connectivity index (χ3n) is 3.28. The van der Waals surface area contributed by atoms with Crippen LogP contribution in [0.3, 0.4) is 0 Å². The molecular weight excluding hydrogens is 292 g/mol. The van der Waals surface area contributed by atoms with Gasteiger partial charge in [-0.1, -0.05) is 6.92 Å². The van der Waals surface area contributed by atoms with Crippen molar-refractivity contribution in [1.82, 2.24) is 9.62 Å². The van der Waals surface area contributed by atoms with Crippen molar-refractivity contribution in [2.45, 2.75) is 26.3 Å². The fraction of sp³-hybridized carbons (Fsp3) is 0.571. The van der Waals surface area contributed by atoms with Crippen molar-refractivity contribution >= 4 is 10.0 Å². The number of phenolic OH excluding ortho intramolecular Hbond substituents is 2. The molecule has 0 saturated carbocycles. The van der Waals surface area contributed by atoms with Gasteiger partial charge < -0.3 is 15.5 Å². The van der Waals surface area contributed by atoms with Gasteiger partial charge in [-0.15, -0.1) is 0 Å². The predicted molar refractivity (Wildman–Crippen MR) is 82.9 cm³/mol. The van der Waals surface area contributed by atoms with Crippen LogP contribution in [0, 0.1) is 0 Å². The molecular formula is C14H24N2O4S. The number of benzene rings is 1. The SMILES string of the molecule is CCN(CCCNC(C)c1cc(O)cc(O)c1)S(C)(=O)=O. The maximum Gasteiger partial charge on any atom is 0.211 e. The number of sulfonamides is 1. The van der Waals surface area contributed by atoms with Crippen molar-refractivity contribution in [1.29, 1.82) is 0 Å². The van der Waals surface area contributed by atoms with Crippen LogP contribution in [0.25, 0.3) is 0 Å². The van der Waals surface area contributed by atoms with E-state index in [1.54, 1.807) is 12.1 Å². The van der Waals surface area contributed by atoms with Crippen molar-refractivity contribution in [2.24, 2.45) is 0 Å². The number of phenols is 2. The van der Waals surface area contributed by atoms with Gasteiger partial charge in [0.2, 0.25) is 10.0 Å². The van der Waals surface area contributed by atoms with Crippen molar-refractivity contribution in [3.05, 3.63) is 23.8 Å². The van der Waals surface area contributed by atoms with Crippen molar-refractivity contribution < 1.29 is 18.6 Å². The molecule has 0 aliphatic heterocycles. The Balaban J connectivity index is 2.45. The minimum atomic E-state index is -3.14. The topological polar surface area (TPSA) is 89.9 Å². The Labute approximate surface area is 126 Å². The van der Waals surface area contributed by atoms with Crippen molar-refractivity contribution in [2.75, 3.05) is 25.9 Å². The Morgan fingerprint density at radius 2 is 1.81 bits per heavy atom. The van der Waals surface area contributed by atoms with E-state index in [0.717, 1.165) is 5.56 Å². The van der Waals surface area contributed by atoms with Gasteiger partial charge >= 0.3 is 0 Å². The summed E-state index contributed by atoms with van der Waals surface area (Å²) in [5.74, 6) is 0.0424. The van der Waals surface area contributed by atoms with E-state index >= 15 is 0 Å². The molecule has 120 valence electrons. The molecule has 0 fully saturated rings. The summed E-state index contributed by atoms with van der Waals surface area (Å²) in [7, 11) is -3.14. The maximum absolute atomic E-state index is 11.4. The van der Waals surface area contributed by atoms with Crippen LogP contribution >= 0.6 is 0 Å². The highest BCUT2D eigenvalue weighted by atomic mass is 32.2. The fourth-order valence-corrected chi connectivity index (χ4v) is 3.05. The van der Waals surface area contributed by atoms with Crippen molar-refractivity contribution in [3.8, 4) is 11.5 Å². The highest BCUT2D eigenvalue weighted by molar-refractivity contribution is 7.88. The first kappa shape index (κ1) is 17.7. The maximum atomic E-state index is 11.4. The monoisotopic (exact) mass is 316 g/mol.